The van der Waals surface area contributed by atoms with Crippen LogP contribution in [-0.4, -0.2) is 46.5 Å². The summed E-state index contributed by atoms with van der Waals surface area (Å²) in [6.07, 6.45) is -0.207. The van der Waals surface area contributed by atoms with Crippen molar-refractivity contribution in [2.24, 2.45) is 0 Å². The van der Waals surface area contributed by atoms with Crippen molar-refractivity contribution in [1.82, 2.24) is 10.2 Å². The molecular weight excluding hydrogens is 359 g/mol. The van der Waals surface area contributed by atoms with E-state index in [1.165, 1.54) is 16.2 Å². The van der Waals surface area contributed by atoms with Gasteiger partial charge in [-0.3, -0.25) is 9.59 Å². The molecule has 1 aliphatic heterocycles. The first-order valence-corrected chi connectivity index (χ1v) is 8.89. The van der Waals surface area contributed by atoms with Gasteiger partial charge < -0.3 is 15.3 Å². The van der Waals surface area contributed by atoms with E-state index < -0.39 is 24.1 Å². The van der Waals surface area contributed by atoms with Crippen LogP contribution in [0.5, 0.6) is 0 Å². The summed E-state index contributed by atoms with van der Waals surface area (Å²) in [5, 5.41) is 13.5. The van der Waals surface area contributed by atoms with Crippen molar-refractivity contribution in [2.45, 2.75) is 18.6 Å². The van der Waals surface area contributed by atoms with Crippen LogP contribution >= 0.6 is 11.3 Å². The van der Waals surface area contributed by atoms with E-state index in [1.807, 2.05) is 5.38 Å². The lowest BCUT2D eigenvalue weighted by Gasteiger charge is -2.18. The highest BCUT2D eigenvalue weighted by molar-refractivity contribution is 7.12. The molecule has 1 atom stereocenters. The molecule has 1 aliphatic rings. The standard InChI is InChI=1S/C18H17FN2O4S/c19-18(17(24)25)7-8-21(11-18)16(23)13-5-3-12(4-6-13)10-20-15(22)14-2-1-9-26-14/h1-6,9H,7-8,10-11H2,(H,20,22)(H,24,25). The Morgan fingerprint density at radius 3 is 2.54 bits per heavy atom. The highest BCUT2D eigenvalue weighted by Gasteiger charge is 2.46. The van der Waals surface area contributed by atoms with Crippen LogP contribution in [0, 0.1) is 0 Å². The minimum Gasteiger partial charge on any atom is -0.479 e. The largest absolute Gasteiger partial charge is 0.479 e. The van der Waals surface area contributed by atoms with E-state index in [2.05, 4.69) is 5.32 Å². The lowest BCUT2D eigenvalue weighted by molar-refractivity contribution is -0.149. The van der Waals surface area contributed by atoms with Crippen LogP contribution < -0.4 is 5.32 Å². The second-order valence-corrected chi connectivity index (χ2v) is 7.05. The third kappa shape index (κ3) is 3.75. The number of alkyl halides is 1. The Morgan fingerprint density at radius 1 is 1.23 bits per heavy atom. The molecule has 0 saturated carbocycles. The van der Waals surface area contributed by atoms with Gasteiger partial charge in [0.05, 0.1) is 11.4 Å². The van der Waals surface area contributed by atoms with Gasteiger partial charge in [0.25, 0.3) is 11.8 Å². The van der Waals surface area contributed by atoms with Crippen LogP contribution in [-0.2, 0) is 11.3 Å². The zero-order chi connectivity index (χ0) is 18.7. The number of benzene rings is 1. The van der Waals surface area contributed by atoms with E-state index in [1.54, 1.807) is 36.4 Å². The van der Waals surface area contributed by atoms with Gasteiger partial charge in [-0.1, -0.05) is 18.2 Å². The number of nitrogens with one attached hydrogen (secondary N) is 1. The first-order chi connectivity index (χ1) is 12.4. The summed E-state index contributed by atoms with van der Waals surface area (Å²) < 4.78 is 14.1. The Kier molecular flexibility index (Phi) is 5.03. The zero-order valence-corrected chi connectivity index (χ0v) is 14.6. The molecule has 0 bridgehead atoms. The van der Waals surface area contributed by atoms with Crippen LogP contribution in [0.1, 0.15) is 32.0 Å². The van der Waals surface area contributed by atoms with Gasteiger partial charge in [-0.25, -0.2) is 9.18 Å². The average molecular weight is 376 g/mol. The first-order valence-electron chi connectivity index (χ1n) is 8.01. The molecule has 1 unspecified atom stereocenters. The van der Waals surface area contributed by atoms with E-state index >= 15 is 0 Å². The van der Waals surface area contributed by atoms with Gasteiger partial charge in [-0.15, -0.1) is 11.3 Å². The number of aliphatic carboxylic acids is 1. The molecule has 1 saturated heterocycles. The van der Waals surface area contributed by atoms with Gasteiger partial charge in [0, 0.05) is 25.1 Å². The third-order valence-corrected chi connectivity index (χ3v) is 5.16. The minimum atomic E-state index is -2.37. The number of amides is 2. The monoisotopic (exact) mass is 376 g/mol. The molecule has 2 amide bonds. The molecule has 1 aromatic heterocycles. The van der Waals surface area contributed by atoms with Gasteiger partial charge in [0.1, 0.15) is 0 Å². The van der Waals surface area contributed by atoms with E-state index in [4.69, 9.17) is 5.11 Å². The lowest BCUT2D eigenvalue weighted by atomic mass is 10.1. The maximum absolute atomic E-state index is 14.1. The summed E-state index contributed by atoms with van der Waals surface area (Å²) >= 11 is 1.35. The van der Waals surface area contributed by atoms with Crippen molar-refractivity contribution in [1.29, 1.82) is 0 Å². The minimum absolute atomic E-state index is 0.0697. The highest BCUT2D eigenvalue weighted by Crippen LogP contribution is 2.27. The average Bonchev–Trinajstić information content (AvgIpc) is 3.30. The number of likely N-dealkylation sites (tertiary alicyclic amines) is 1. The number of carbonyl (C=O) groups excluding carboxylic acids is 2. The summed E-state index contributed by atoms with van der Waals surface area (Å²) in [5.74, 6) is -2.10. The molecule has 0 radical (unpaired) electrons. The molecule has 26 heavy (non-hydrogen) atoms. The first kappa shape index (κ1) is 18.1. The lowest BCUT2D eigenvalue weighted by Crippen LogP contribution is -2.38. The van der Waals surface area contributed by atoms with Crippen molar-refractivity contribution in [3.63, 3.8) is 0 Å². The summed E-state index contributed by atoms with van der Waals surface area (Å²) in [7, 11) is 0. The molecule has 6 nitrogen and oxygen atoms in total. The van der Waals surface area contributed by atoms with Gasteiger partial charge in [0.15, 0.2) is 0 Å². The van der Waals surface area contributed by atoms with E-state index in [0.717, 1.165) is 5.56 Å². The number of carboxylic acids is 1. The van der Waals surface area contributed by atoms with E-state index in [-0.39, 0.29) is 18.9 Å². The van der Waals surface area contributed by atoms with Gasteiger partial charge in [-0.2, -0.15) is 0 Å². The van der Waals surface area contributed by atoms with Gasteiger partial charge >= 0.3 is 5.97 Å². The van der Waals surface area contributed by atoms with Crippen molar-refractivity contribution in [3.8, 4) is 0 Å². The van der Waals surface area contributed by atoms with E-state index in [9.17, 15) is 18.8 Å². The number of hydrogen-bond acceptors (Lipinski definition) is 4. The van der Waals surface area contributed by atoms with Crippen molar-refractivity contribution >= 4 is 29.1 Å². The Bertz CT molecular complexity index is 822. The summed E-state index contributed by atoms with van der Waals surface area (Å²) in [6.45, 7) is -0.0540. The number of carboxylic acid groups (broad SMARTS) is 1. The molecule has 1 aromatic carbocycles. The predicted octanol–water partition coefficient (Wildman–Crippen LogP) is 2.32. The van der Waals surface area contributed by atoms with Gasteiger partial charge in [0.2, 0.25) is 5.67 Å². The fourth-order valence-electron chi connectivity index (χ4n) is 2.75. The molecule has 3 rings (SSSR count). The molecule has 1 fully saturated rings. The maximum Gasteiger partial charge on any atom is 0.343 e. The predicted molar refractivity (Wildman–Crippen MR) is 93.9 cm³/mol. The SMILES string of the molecule is O=C(NCc1ccc(C(=O)N2CCC(F)(C(=O)O)C2)cc1)c1cccs1. The highest BCUT2D eigenvalue weighted by atomic mass is 32.1. The zero-order valence-electron chi connectivity index (χ0n) is 13.8. The van der Waals surface area contributed by atoms with Crippen LogP contribution in [0.15, 0.2) is 41.8 Å². The normalized spacial score (nSPS) is 19.3. The smallest absolute Gasteiger partial charge is 0.343 e. The van der Waals surface area contributed by atoms with E-state index in [0.29, 0.717) is 17.0 Å². The molecule has 8 heteroatoms. The number of nitrogens with zero attached hydrogens (tertiary/aromatic N) is 1. The Hall–Kier alpha value is -2.74. The van der Waals surface area contributed by atoms with Crippen LogP contribution in [0.25, 0.3) is 0 Å². The third-order valence-electron chi connectivity index (χ3n) is 4.29. The maximum atomic E-state index is 14.1. The number of rotatable bonds is 5. The number of thiophene rings is 1. The van der Waals surface area contributed by atoms with Crippen LogP contribution in [0.2, 0.25) is 0 Å². The van der Waals surface area contributed by atoms with Gasteiger partial charge in [-0.05, 0) is 29.1 Å². The molecule has 0 aliphatic carbocycles. The van der Waals surface area contributed by atoms with Crippen molar-refractivity contribution in [3.05, 3.63) is 57.8 Å². The summed E-state index contributed by atoms with van der Waals surface area (Å²) in [6, 6.07) is 10.1. The molecule has 2 aromatic rings. The Balaban J connectivity index is 1.58. The van der Waals surface area contributed by atoms with Crippen molar-refractivity contribution < 1.29 is 23.9 Å². The quantitative estimate of drug-likeness (QED) is 0.838. The van der Waals surface area contributed by atoms with Crippen LogP contribution in [0.3, 0.4) is 0 Å². The molecule has 0 spiro atoms. The molecular formula is C18H17FN2O4S. The summed E-state index contributed by atoms with van der Waals surface area (Å²) in [5.41, 5.74) is -1.20. The number of carbonyl (C=O) groups is 3. The number of halogens is 1. The Labute approximate surface area is 153 Å². The van der Waals surface area contributed by atoms with Crippen LogP contribution in [0.4, 0.5) is 4.39 Å². The fraction of sp³-hybridized carbons (Fsp3) is 0.278. The molecule has 2 heterocycles. The molecule has 136 valence electrons. The molecule has 2 N–H and O–H groups in total. The summed E-state index contributed by atoms with van der Waals surface area (Å²) in [4.78, 5) is 37.1. The number of hydrogen-bond donors (Lipinski definition) is 2. The topological polar surface area (TPSA) is 86.7 Å². The fourth-order valence-corrected chi connectivity index (χ4v) is 3.39. The second kappa shape index (κ2) is 7.25. The Morgan fingerprint density at radius 2 is 1.96 bits per heavy atom. The van der Waals surface area contributed by atoms with Crippen molar-refractivity contribution in [2.75, 3.05) is 13.1 Å². The second-order valence-electron chi connectivity index (χ2n) is 6.10.